The quantitative estimate of drug-likeness (QED) is 0.438. The zero-order valence-electron chi connectivity index (χ0n) is 17.4. The van der Waals surface area contributed by atoms with Crippen LogP contribution in [0.5, 0.6) is 0 Å². The molecule has 0 saturated heterocycles. The molecule has 4 aliphatic carbocycles. The predicted octanol–water partition coefficient (Wildman–Crippen LogP) is 6.42. The molecular weight excluding hydrogens is 344 g/mol. The summed E-state index contributed by atoms with van der Waals surface area (Å²) < 4.78 is 5.94. The zero-order chi connectivity index (χ0) is 19.4. The van der Waals surface area contributed by atoms with Crippen molar-refractivity contribution < 1.29 is 9.53 Å². The smallest absolute Gasteiger partial charge is 0.338 e. The highest BCUT2D eigenvalue weighted by molar-refractivity contribution is 5.89. The van der Waals surface area contributed by atoms with E-state index in [4.69, 9.17) is 4.74 Å². The second-order valence-electron chi connectivity index (χ2n) is 10.5. The molecule has 0 aliphatic heterocycles. The number of allylic oxidation sites excluding steroid dienone is 2. The van der Waals surface area contributed by atoms with Crippen LogP contribution in [0.4, 0.5) is 0 Å². The Kier molecular flexibility index (Phi) is 4.45. The van der Waals surface area contributed by atoms with E-state index in [-0.39, 0.29) is 12.1 Å². The second kappa shape index (κ2) is 6.75. The first kappa shape index (κ1) is 18.5. The maximum absolute atomic E-state index is 12.5. The van der Waals surface area contributed by atoms with Crippen LogP contribution in [0.15, 0.2) is 42.5 Å². The molecule has 0 radical (unpaired) electrons. The molecule has 28 heavy (non-hydrogen) atoms. The van der Waals surface area contributed by atoms with Crippen molar-refractivity contribution in [2.75, 3.05) is 0 Å². The maximum Gasteiger partial charge on any atom is 0.338 e. The van der Waals surface area contributed by atoms with Crippen LogP contribution in [0, 0.1) is 34.5 Å². The Bertz CT molecular complexity index is 768. The molecule has 2 nitrogen and oxygen atoms in total. The topological polar surface area (TPSA) is 26.3 Å². The Morgan fingerprint density at radius 2 is 1.82 bits per heavy atom. The molecule has 5 rings (SSSR count). The van der Waals surface area contributed by atoms with Crippen LogP contribution in [0.25, 0.3) is 0 Å². The van der Waals surface area contributed by atoms with Gasteiger partial charge in [0.2, 0.25) is 0 Å². The monoisotopic (exact) mass is 378 g/mol. The molecule has 0 bridgehead atoms. The number of esters is 1. The van der Waals surface area contributed by atoms with E-state index < -0.39 is 0 Å². The van der Waals surface area contributed by atoms with Gasteiger partial charge in [-0.1, -0.05) is 44.2 Å². The first-order chi connectivity index (χ1) is 13.5. The minimum atomic E-state index is -0.145. The van der Waals surface area contributed by atoms with Gasteiger partial charge in [-0.3, -0.25) is 0 Å². The average molecular weight is 379 g/mol. The summed E-state index contributed by atoms with van der Waals surface area (Å²) in [4.78, 5) is 12.5. The lowest BCUT2D eigenvalue weighted by Gasteiger charge is -2.60. The standard InChI is InChI=1S/C26H34O2/c1-25-14-6-9-22(25)21-11-10-19-17-20(12-16-26(19,2)23(21)13-15-25)28-24(27)18-7-4-3-5-8-18/h3-8,14,19-23H,9-13,15-17H2,1-2H3. The predicted molar refractivity (Wildman–Crippen MR) is 112 cm³/mol. The van der Waals surface area contributed by atoms with Crippen LogP contribution in [-0.2, 0) is 4.74 Å². The van der Waals surface area contributed by atoms with E-state index in [0.29, 0.717) is 16.4 Å². The van der Waals surface area contributed by atoms with Crippen LogP contribution in [0.3, 0.4) is 0 Å². The van der Waals surface area contributed by atoms with E-state index in [1.165, 1.54) is 38.5 Å². The van der Waals surface area contributed by atoms with Gasteiger partial charge in [-0.2, -0.15) is 0 Å². The van der Waals surface area contributed by atoms with Crippen LogP contribution < -0.4 is 0 Å². The van der Waals surface area contributed by atoms with Gasteiger partial charge in [0.1, 0.15) is 6.10 Å². The minimum absolute atomic E-state index is 0.101. The van der Waals surface area contributed by atoms with Gasteiger partial charge in [0, 0.05) is 0 Å². The zero-order valence-corrected chi connectivity index (χ0v) is 17.4. The summed E-state index contributed by atoms with van der Waals surface area (Å²) in [6.07, 6.45) is 15.2. The van der Waals surface area contributed by atoms with E-state index in [1.807, 2.05) is 30.3 Å². The van der Waals surface area contributed by atoms with Gasteiger partial charge in [-0.25, -0.2) is 4.79 Å². The summed E-state index contributed by atoms with van der Waals surface area (Å²) in [6, 6.07) is 9.47. The van der Waals surface area contributed by atoms with Gasteiger partial charge < -0.3 is 4.74 Å². The lowest BCUT2D eigenvalue weighted by molar-refractivity contribution is -0.118. The second-order valence-corrected chi connectivity index (χ2v) is 10.5. The third-order valence-corrected chi connectivity index (χ3v) is 9.23. The number of ether oxygens (including phenoxy) is 1. The fourth-order valence-corrected chi connectivity index (χ4v) is 7.60. The van der Waals surface area contributed by atoms with Gasteiger partial charge in [0.25, 0.3) is 0 Å². The Balaban J connectivity index is 1.28. The first-order valence-corrected chi connectivity index (χ1v) is 11.4. The van der Waals surface area contributed by atoms with Gasteiger partial charge in [0.15, 0.2) is 0 Å². The van der Waals surface area contributed by atoms with E-state index in [2.05, 4.69) is 26.0 Å². The molecule has 150 valence electrons. The summed E-state index contributed by atoms with van der Waals surface area (Å²) in [5, 5.41) is 0. The molecule has 1 aromatic rings. The third-order valence-electron chi connectivity index (χ3n) is 9.23. The molecule has 0 N–H and O–H groups in total. The van der Waals surface area contributed by atoms with Crippen LogP contribution >= 0.6 is 0 Å². The van der Waals surface area contributed by atoms with Crippen molar-refractivity contribution >= 4 is 5.97 Å². The van der Waals surface area contributed by atoms with E-state index in [0.717, 1.165) is 36.5 Å². The van der Waals surface area contributed by atoms with Gasteiger partial charge in [-0.05, 0) is 98.0 Å². The summed E-state index contributed by atoms with van der Waals surface area (Å²) in [5.74, 6) is 3.22. The molecule has 0 aromatic heterocycles. The van der Waals surface area contributed by atoms with E-state index in [9.17, 15) is 4.79 Å². The lowest BCUT2D eigenvalue weighted by Crippen LogP contribution is -2.53. The van der Waals surface area contributed by atoms with Crippen molar-refractivity contribution in [2.24, 2.45) is 34.5 Å². The molecule has 0 heterocycles. The lowest BCUT2D eigenvalue weighted by atomic mass is 9.45. The normalized spacial score (nSPS) is 44.3. The number of rotatable bonds is 2. The maximum atomic E-state index is 12.5. The van der Waals surface area contributed by atoms with E-state index in [1.54, 1.807) is 0 Å². The Morgan fingerprint density at radius 1 is 1.00 bits per heavy atom. The highest BCUT2D eigenvalue weighted by Crippen LogP contribution is 2.65. The number of hydrogen-bond donors (Lipinski definition) is 0. The first-order valence-electron chi connectivity index (χ1n) is 11.4. The van der Waals surface area contributed by atoms with Gasteiger partial charge in [0.05, 0.1) is 5.56 Å². The molecule has 1 aromatic carbocycles. The molecular formula is C26H34O2. The third kappa shape index (κ3) is 2.86. The van der Waals surface area contributed by atoms with Crippen molar-refractivity contribution in [3.8, 4) is 0 Å². The van der Waals surface area contributed by atoms with Crippen molar-refractivity contribution in [2.45, 2.75) is 71.3 Å². The number of carbonyl (C=O) groups excluding carboxylic acids is 1. The fourth-order valence-electron chi connectivity index (χ4n) is 7.60. The number of fused-ring (bicyclic) bond motifs is 5. The van der Waals surface area contributed by atoms with Gasteiger partial charge >= 0.3 is 5.97 Å². The minimum Gasteiger partial charge on any atom is -0.459 e. The van der Waals surface area contributed by atoms with Crippen LogP contribution in [-0.4, -0.2) is 12.1 Å². The van der Waals surface area contributed by atoms with Crippen molar-refractivity contribution in [1.29, 1.82) is 0 Å². The Morgan fingerprint density at radius 3 is 2.64 bits per heavy atom. The average Bonchev–Trinajstić information content (AvgIpc) is 3.11. The molecule has 0 amide bonds. The summed E-state index contributed by atoms with van der Waals surface area (Å²) in [5.41, 5.74) is 1.59. The van der Waals surface area contributed by atoms with Gasteiger partial charge in [-0.15, -0.1) is 0 Å². The number of carbonyl (C=O) groups is 1. The molecule has 7 unspecified atom stereocenters. The Labute approximate surface area is 169 Å². The highest BCUT2D eigenvalue weighted by Gasteiger charge is 2.57. The SMILES string of the molecule is CC12C=CCC1C1CCC3CC(OC(=O)c4ccccc4)CCC3(C)C1CC2. The molecule has 7 atom stereocenters. The largest absolute Gasteiger partial charge is 0.459 e. The van der Waals surface area contributed by atoms with Crippen molar-refractivity contribution in [3.05, 3.63) is 48.0 Å². The molecule has 3 fully saturated rings. The summed E-state index contributed by atoms with van der Waals surface area (Å²) in [7, 11) is 0. The number of hydrogen-bond acceptors (Lipinski definition) is 2. The van der Waals surface area contributed by atoms with E-state index >= 15 is 0 Å². The van der Waals surface area contributed by atoms with Crippen molar-refractivity contribution in [1.82, 2.24) is 0 Å². The van der Waals surface area contributed by atoms with Crippen molar-refractivity contribution in [3.63, 3.8) is 0 Å². The summed E-state index contributed by atoms with van der Waals surface area (Å²) >= 11 is 0. The molecule has 4 aliphatic rings. The summed E-state index contributed by atoms with van der Waals surface area (Å²) in [6.45, 7) is 5.08. The number of benzene rings is 1. The van der Waals surface area contributed by atoms with Crippen LogP contribution in [0.1, 0.15) is 75.6 Å². The molecule has 2 heteroatoms. The molecule has 0 spiro atoms. The highest BCUT2D eigenvalue weighted by atomic mass is 16.5. The fraction of sp³-hybridized carbons (Fsp3) is 0.654. The molecule has 3 saturated carbocycles. The Hall–Kier alpha value is -1.57. The van der Waals surface area contributed by atoms with Crippen LogP contribution in [0.2, 0.25) is 0 Å².